The number of likely N-dealkylation sites (N-methyl/N-ethyl adjacent to an activating group) is 1. The summed E-state index contributed by atoms with van der Waals surface area (Å²) in [6.45, 7) is 13.8. The molecule has 0 aromatic heterocycles. The number of aromatic hydroxyl groups is 1. The summed E-state index contributed by atoms with van der Waals surface area (Å²) >= 11 is 0. The molecule has 208 valence electrons. The van der Waals surface area contributed by atoms with Crippen molar-refractivity contribution < 1.29 is 24.2 Å². The zero-order valence-corrected chi connectivity index (χ0v) is 23.8. The maximum absolute atomic E-state index is 14.1. The standard InChI is InChI=1S/C30H43N3O5/c1-8-10-15-31-27(35)26(23-17-20(3)16-21(4)18-23)33(9-2)28(36)25(32-29(37)38-30(5,6)7)19-22-11-13-24(34)14-12-22/h11-14,16-18,25-26,34H,8-10,15,19H2,1-7H3,(H,31,35)(H,32,37). The molecule has 38 heavy (non-hydrogen) atoms. The lowest BCUT2D eigenvalue weighted by Gasteiger charge is -2.34. The van der Waals surface area contributed by atoms with Crippen LogP contribution in [0.2, 0.25) is 0 Å². The second-order valence-corrected chi connectivity index (χ2v) is 10.7. The molecule has 0 saturated carbocycles. The maximum atomic E-state index is 14.1. The summed E-state index contributed by atoms with van der Waals surface area (Å²) in [7, 11) is 0. The number of phenols is 1. The number of benzene rings is 2. The number of carbonyl (C=O) groups is 3. The predicted molar refractivity (Wildman–Crippen MR) is 149 cm³/mol. The van der Waals surface area contributed by atoms with Gasteiger partial charge in [0.2, 0.25) is 11.8 Å². The van der Waals surface area contributed by atoms with Gasteiger partial charge in [0.05, 0.1) is 0 Å². The van der Waals surface area contributed by atoms with Gasteiger partial charge in [-0.1, -0.05) is 54.8 Å². The predicted octanol–water partition coefficient (Wildman–Crippen LogP) is 4.95. The highest BCUT2D eigenvalue weighted by Crippen LogP contribution is 2.25. The van der Waals surface area contributed by atoms with Crippen LogP contribution in [0.1, 0.15) is 75.8 Å². The highest BCUT2D eigenvalue weighted by molar-refractivity contribution is 5.92. The van der Waals surface area contributed by atoms with E-state index in [9.17, 15) is 19.5 Å². The molecule has 3 N–H and O–H groups in total. The van der Waals surface area contributed by atoms with Crippen LogP contribution in [0, 0.1) is 13.8 Å². The van der Waals surface area contributed by atoms with Gasteiger partial charge >= 0.3 is 6.09 Å². The number of phenolic OH excluding ortho intramolecular Hbond substituents is 1. The molecule has 0 spiro atoms. The van der Waals surface area contributed by atoms with E-state index in [-0.39, 0.29) is 24.6 Å². The van der Waals surface area contributed by atoms with Gasteiger partial charge < -0.3 is 25.4 Å². The van der Waals surface area contributed by atoms with Gasteiger partial charge in [0.15, 0.2) is 0 Å². The lowest BCUT2D eigenvalue weighted by atomic mass is 9.97. The van der Waals surface area contributed by atoms with Crippen molar-refractivity contribution in [1.82, 2.24) is 15.5 Å². The molecule has 2 aromatic rings. The molecule has 2 rings (SSSR count). The molecule has 0 aliphatic heterocycles. The second kappa shape index (κ2) is 13.8. The zero-order chi connectivity index (χ0) is 28.5. The molecule has 8 heteroatoms. The molecule has 0 aliphatic carbocycles. The first kappa shape index (κ1) is 30.7. The number of carbonyl (C=O) groups excluding carboxylic acids is 3. The van der Waals surface area contributed by atoms with Crippen molar-refractivity contribution in [1.29, 1.82) is 0 Å². The fraction of sp³-hybridized carbons (Fsp3) is 0.500. The minimum absolute atomic E-state index is 0.102. The largest absolute Gasteiger partial charge is 0.508 e. The SMILES string of the molecule is CCCCNC(=O)C(c1cc(C)cc(C)c1)N(CC)C(=O)C(Cc1ccc(O)cc1)NC(=O)OC(C)(C)C. The van der Waals surface area contributed by atoms with E-state index < -0.39 is 29.7 Å². The minimum atomic E-state index is -0.994. The van der Waals surface area contributed by atoms with Gasteiger partial charge in [-0.05, 0) is 71.2 Å². The summed E-state index contributed by atoms with van der Waals surface area (Å²) < 4.78 is 5.44. The smallest absolute Gasteiger partial charge is 0.408 e. The first-order valence-corrected chi connectivity index (χ1v) is 13.3. The highest BCUT2D eigenvalue weighted by atomic mass is 16.6. The van der Waals surface area contributed by atoms with Crippen LogP contribution < -0.4 is 10.6 Å². The van der Waals surface area contributed by atoms with Crippen LogP contribution in [0.4, 0.5) is 4.79 Å². The Hall–Kier alpha value is -3.55. The lowest BCUT2D eigenvalue weighted by Crippen LogP contribution is -2.53. The van der Waals surface area contributed by atoms with Gasteiger partial charge in [-0.2, -0.15) is 0 Å². The first-order valence-electron chi connectivity index (χ1n) is 13.3. The number of hydrogen-bond donors (Lipinski definition) is 3. The number of ether oxygens (including phenoxy) is 1. The summed E-state index contributed by atoms with van der Waals surface area (Å²) in [4.78, 5) is 41.9. The van der Waals surface area contributed by atoms with Gasteiger partial charge in [0, 0.05) is 19.5 Å². The fourth-order valence-electron chi connectivity index (χ4n) is 4.31. The van der Waals surface area contributed by atoms with Gasteiger partial charge in [0.25, 0.3) is 0 Å². The van der Waals surface area contributed by atoms with Crippen LogP contribution >= 0.6 is 0 Å². The van der Waals surface area contributed by atoms with Crippen LogP contribution in [0.25, 0.3) is 0 Å². The number of unbranched alkanes of at least 4 members (excludes halogenated alkanes) is 1. The van der Waals surface area contributed by atoms with E-state index in [1.54, 1.807) is 32.9 Å². The van der Waals surface area contributed by atoms with Crippen molar-refractivity contribution in [3.8, 4) is 5.75 Å². The number of hydrogen-bond acceptors (Lipinski definition) is 5. The summed E-state index contributed by atoms with van der Waals surface area (Å²) in [5, 5.41) is 15.4. The Labute approximate surface area is 226 Å². The number of nitrogens with one attached hydrogen (secondary N) is 2. The Morgan fingerprint density at radius 3 is 2.13 bits per heavy atom. The fourth-order valence-corrected chi connectivity index (χ4v) is 4.31. The molecular weight excluding hydrogens is 482 g/mol. The monoisotopic (exact) mass is 525 g/mol. The molecule has 3 amide bonds. The molecule has 0 radical (unpaired) electrons. The highest BCUT2D eigenvalue weighted by Gasteiger charge is 2.35. The zero-order valence-electron chi connectivity index (χ0n) is 23.8. The third-order valence-corrected chi connectivity index (χ3v) is 5.94. The van der Waals surface area contributed by atoms with E-state index in [2.05, 4.69) is 10.6 Å². The van der Waals surface area contributed by atoms with Crippen LogP contribution in [0.3, 0.4) is 0 Å². The van der Waals surface area contributed by atoms with Crippen molar-refractivity contribution >= 4 is 17.9 Å². The molecule has 0 saturated heterocycles. The lowest BCUT2D eigenvalue weighted by molar-refractivity contribution is -0.142. The molecule has 2 atom stereocenters. The van der Waals surface area contributed by atoms with E-state index in [1.165, 1.54) is 17.0 Å². The van der Waals surface area contributed by atoms with Gasteiger partial charge in [-0.15, -0.1) is 0 Å². The summed E-state index contributed by atoms with van der Waals surface area (Å²) in [6.07, 6.45) is 1.20. The summed E-state index contributed by atoms with van der Waals surface area (Å²) in [5.41, 5.74) is 2.68. The van der Waals surface area contributed by atoms with E-state index in [1.807, 2.05) is 45.9 Å². The molecule has 0 aliphatic rings. The van der Waals surface area contributed by atoms with E-state index >= 15 is 0 Å². The van der Waals surface area contributed by atoms with Gasteiger partial charge in [0.1, 0.15) is 23.4 Å². The second-order valence-electron chi connectivity index (χ2n) is 10.7. The van der Waals surface area contributed by atoms with Crippen LogP contribution in [-0.2, 0) is 20.7 Å². The van der Waals surface area contributed by atoms with E-state index in [4.69, 9.17) is 4.74 Å². The van der Waals surface area contributed by atoms with Crippen molar-refractivity contribution in [3.05, 3.63) is 64.7 Å². The number of rotatable bonds is 11. The van der Waals surface area contributed by atoms with Gasteiger partial charge in [-0.3, -0.25) is 9.59 Å². The molecule has 8 nitrogen and oxygen atoms in total. The Bertz CT molecular complexity index is 1070. The molecular formula is C30H43N3O5. The average Bonchev–Trinajstić information content (AvgIpc) is 2.81. The molecule has 0 bridgehead atoms. The maximum Gasteiger partial charge on any atom is 0.408 e. The normalized spacial score (nSPS) is 12.8. The Balaban J connectivity index is 2.48. The average molecular weight is 526 g/mol. The van der Waals surface area contributed by atoms with Crippen molar-refractivity contribution in [3.63, 3.8) is 0 Å². The number of nitrogens with zero attached hydrogens (tertiary/aromatic N) is 1. The quantitative estimate of drug-likeness (QED) is 0.360. The molecule has 0 heterocycles. The Kier molecular flexibility index (Phi) is 11.2. The Morgan fingerprint density at radius 1 is 1.00 bits per heavy atom. The number of aryl methyl sites for hydroxylation is 2. The van der Waals surface area contributed by atoms with Crippen molar-refractivity contribution in [2.75, 3.05) is 13.1 Å². The van der Waals surface area contributed by atoms with Crippen molar-refractivity contribution in [2.24, 2.45) is 0 Å². The molecule has 0 fully saturated rings. The third kappa shape index (κ3) is 9.39. The molecule has 2 aromatic carbocycles. The van der Waals surface area contributed by atoms with E-state index in [0.29, 0.717) is 12.1 Å². The van der Waals surface area contributed by atoms with Crippen molar-refractivity contribution in [2.45, 2.75) is 85.4 Å². The number of alkyl carbamates (subject to hydrolysis) is 1. The topological polar surface area (TPSA) is 108 Å². The number of amides is 3. The summed E-state index contributed by atoms with van der Waals surface area (Å²) in [5.74, 6) is -0.564. The van der Waals surface area contributed by atoms with Crippen LogP contribution in [0.5, 0.6) is 5.75 Å². The summed E-state index contributed by atoms with van der Waals surface area (Å²) in [6, 6.07) is 10.4. The van der Waals surface area contributed by atoms with Crippen LogP contribution in [-0.4, -0.2) is 52.6 Å². The van der Waals surface area contributed by atoms with Gasteiger partial charge in [-0.25, -0.2) is 4.79 Å². The van der Waals surface area contributed by atoms with E-state index in [0.717, 1.165) is 29.5 Å². The van der Waals surface area contributed by atoms with Crippen LogP contribution in [0.15, 0.2) is 42.5 Å². The minimum Gasteiger partial charge on any atom is -0.508 e. The first-order chi connectivity index (χ1) is 17.8. The third-order valence-electron chi connectivity index (χ3n) is 5.94. The Morgan fingerprint density at radius 2 is 1.61 bits per heavy atom. The molecule has 2 unspecified atom stereocenters.